The molecule has 15 heavy (non-hydrogen) atoms. The Balaban J connectivity index is 2.39. The minimum Gasteiger partial charge on any atom is -0.353 e. The van der Waals surface area contributed by atoms with Crippen LogP contribution in [0.4, 0.5) is 0 Å². The molecule has 2 rings (SSSR count). The average molecular weight is 212 g/mol. The number of hydrogen-bond acceptors (Lipinski definition) is 3. The van der Waals surface area contributed by atoms with Gasteiger partial charge in [-0.05, 0) is 5.41 Å². The first-order valence-corrected chi connectivity index (χ1v) is 5.46. The van der Waals surface area contributed by atoms with E-state index in [1.54, 1.807) is 14.2 Å². The van der Waals surface area contributed by atoms with Gasteiger partial charge in [0, 0.05) is 38.4 Å². The summed E-state index contributed by atoms with van der Waals surface area (Å²) in [4.78, 5) is 12.0. The van der Waals surface area contributed by atoms with Crippen molar-refractivity contribution in [2.75, 3.05) is 14.2 Å². The van der Waals surface area contributed by atoms with Crippen molar-refractivity contribution in [3.05, 3.63) is 0 Å². The van der Waals surface area contributed by atoms with Gasteiger partial charge in [0.05, 0.1) is 0 Å². The molecular weight excluding hydrogens is 192 g/mol. The van der Waals surface area contributed by atoms with Crippen LogP contribution in [-0.2, 0) is 14.3 Å². The van der Waals surface area contributed by atoms with Gasteiger partial charge in [-0.25, -0.2) is 0 Å². The minimum absolute atomic E-state index is 0.0178. The molecule has 0 radical (unpaired) electrons. The van der Waals surface area contributed by atoms with Gasteiger partial charge in [0.2, 0.25) is 0 Å². The SMILES string of the molecule is COC1(OC)C[C@]2(C)C(=O)CC(C)(C)[C@H]12. The Morgan fingerprint density at radius 2 is 1.73 bits per heavy atom. The van der Waals surface area contributed by atoms with E-state index in [9.17, 15) is 4.79 Å². The van der Waals surface area contributed by atoms with Crippen molar-refractivity contribution in [1.29, 1.82) is 0 Å². The van der Waals surface area contributed by atoms with Crippen LogP contribution in [0.25, 0.3) is 0 Å². The summed E-state index contributed by atoms with van der Waals surface area (Å²) < 4.78 is 11.0. The Kier molecular flexibility index (Phi) is 2.09. The molecule has 2 atom stereocenters. The number of methoxy groups -OCH3 is 2. The fourth-order valence-electron chi connectivity index (χ4n) is 3.97. The highest BCUT2D eigenvalue weighted by Gasteiger charge is 2.73. The second-order valence-corrected chi connectivity index (χ2v) is 5.84. The molecule has 0 N–H and O–H groups in total. The monoisotopic (exact) mass is 212 g/mol. The second kappa shape index (κ2) is 2.83. The maximum Gasteiger partial charge on any atom is 0.172 e. The predicted molar refractivity (Wildman–Crippen MR) is 56.4 cm³/mol. The molecule has 0 bridgehead atoms. The van der Waals surface area contributed by atoms with E-state index >= 15 is 0 Å². The molecule has 0 spiro atoms. The quantitative estimate of drug-likeness (QED) is 0.657. The van der Waals surface area contributed by atoms with Crippen LogP contribution in [0.5, 0.6) is 0 Å². The zero-order valence-corrected chi connectivity index (χ0v) is 10.2. The lowest BCUT2D eigenvalue weighted by Crippen LogP contribution is -2.64. The van der Waals surface area contributed by atoms with E-state index in [0.717, 1.165) is 0 Å². The Hall–Kier alpha value is -0.410. The number of ether oxygens (including phenoxy) is 2. The lowest BCUT2D eigenvalue weighted by atomic mass is 9.53. The third-order valence-electron chi connectivity index (χ3n) is 4.42. The number of hydrogen-bond donors (Lipinski definition) is 0. The van der Waals surface area contributed by atoms with E-state index < -0.39 is 5.79 Å². The highest BCUT2D eigenvalue weighted by molar-refractivity contribution is 5.89. The number of ketones is 1. The Bertz CT molecular complexity index is 304. The van der Waals surface area contributed by atoms with E-state index in [2.05, 4.69) is 13.8 Å². The van der Waals surface area contributed by atoms with Gasteiger partial charge in [-0.3, -0.25) is 4.79 Å². The molecule has 2 aliphatic rings. The van der Waals surface area contributed by atoms with Gasteiger partial charge >= 0.3 is 0 Å². The first kappa shape index (κ1) is 11.1. The normalized spacial score (nSPS) is 41.1. The number of carbonyl (C=O) groups is 1. The molecule has 2 aliphatic carbocycles. The largest absolute Gasteiger partial charge is 0.353 e. The second-order valence-electron chi connectivity index (χ2n) is 5.84. The highest BCUT2D eigenvalue weighted by Crippen LogP contribution is 2.68. The van der Waals surface area contributed by atoms with Crippen LogP contribution < -0.4 is 0 Å². The molecule has 0 aromatic carbocycles. The van der Waals surface area contributed by atoms with Crippen LogP contribution in [0.3, 0.4) is 0 Å². The maximum absolute atomic E-state index is 12.0. The van der Waals surface area contributed by atoms with Crippen molar-refractivity contribution in [2.24, 2.45) is 16.7 Å². The molecule has 3 heteroatoms. The molecule has 2 saturated carbocycles. The third kappa shape index (κ3) is 1.11. The smallest absolute Gasteiger partial charge is 0.172 e. The van der Waals surface area contributed by atoms with Crippen molar-refractivity contribution in [1.82, 2.24) is 0 Å². The summed E-state index contributed by atoms with van der Waals surface area (Å²) in [6.07, 6.45) is 1.34. The van der Waals surface area contributed by atoms with Gasteiger partial charge in [-0.1, -0.05) is 20.8 Å². The van der Waals surface area contributed by atoms with Crippen molar-refractivity contribution >= 4 is 5.78 Å². The van der Waals surface area contributed by atoms with Crippen molar-refractivity contribution in [3.8, 4) is 0 Å². The van der Waals surface area contributed by atoms with Gasteiger partial charge in [0.1, 0.15) is 5.78 Å². The first-order valence-electron chi connectivity index (χ1n) is 5.46. The number of fused-ring (bicyclic) bond motifs is 1. The molecule has 0 amide bonds. The van der Waals surface area contributed by atoms with Crippen LogP contribution in [0.2, 0.25) is 0 Å². The summed E-state index contributed by atoms with van der Waals surface area (Å²) >= 11 is 0. The number of carbonyl (C=O) groups excluding carboxylic acids is 1. The average Bonchev–Trinajstić information content (AvgIpc) is 2.24. The highest BCUT2D eigenvalue weighted by atomic mass is 16.7. The topological polar surface area (TPSA) is 35.5 Å². The summed E-state index contributed by atoms with van der Waals surface area (Å²) in [5.41, 5.74) is -0.244. The van der Waals surface area contributed by atoms with E-state index in [1.165, 1.54) is 0 Å². The molecule has 86 valence electrons. The molecule has 0 heterocycles. The van der Waals surface area contributed by atoms with Crippen LogP contribution in [0.15, 0.2) is 0 Å². The maximum atomic E-state index is 12.0. The summed E-state index contributed by atoms with van der Waals surface area (Å²) in [6.45, 7) is 6.31. The first-order chi connectivity index (χ1) is 6.82. The fraction of sp³-hybridized carbons (Fsp3) is 0.917. The van der Waals surface area contributed by atoms with Crippen LogP contribution in [0.1, 0.15) is 33.6 Å². The molecule has 0 aromatic rings. The van der Waals surface area contributed by atoms with Gasteiger partial charge in [0.15, 0.2) is 5.79 Å². The van der Waals surface area contributed by atoms with Gasteiger partial charge in [-0.15, -0.1) is 0 Å². The summed E-state index contributed by atoms with van der Waals surface area (Å²) in [6, 6.07) is 0. The summed E-state index contributed by atoms with van der Waals surface area (Å²) in [7, 11) is 3.34. The van der Waals surface area contributed by atoms with E-state index in [-0.39, 0.29) is 16.7 Å². The minimum atomic E-state index is -0.537. The Morgan fingerprint density at radius 3 is 2.13 bits per heavy atom. The Morgan fingerprint density at radius 1 is 1.20 bits per heavy atom. The van der Waals surface area contributed by atoms with Gasteiger partial charge in [-0.2, -0.15) is 0 Å². The summed E-state index contributed by atoms with van der Waals surface area (Å²) in [5.74, 6) is 0.00644. The molecule has 0 unspecified atom stereocenters. The number of rotatable bonds is 2. The van der Waals surface area contributed by atoms with Crippen molar-refractivity contribution < 1.29 is 14.3 Å². The molecule has 0 aliphatic heterocycles. The summed E-state index contributed by atoms with van der Waals surface area (Å²) in [5, 5.41) is 0. The van der Waals surface area contributed by atoms with Gasteiger partial charge in [0.25, 0.3) is 0 Å². The Labute approximate surface area is 91.1 Å². The third-order valence-corrected chi connectivity index (χ3v) is 4.42. The molecule has 0 saturated heterocycles. The zero-order valence-electron chi connectivity index (χ0n) is 10.2. The zero-order chi connectivity index (χ0) is 11.5. The van der Waals surface area contributed by atoms with Crippen LogP contribution in [0, 0.1) is 16.7 Å². The lowest BCUT2D eigenvalue weighted by molar-refractivity contribution is -0.339. The molecule has 3 nitrogen and oxygen atoms in total. The molecule has 2 fully saturated rings. The molecular formula is C12H20O3. The lowest BCUT2D eigenvalue weighted by Gasteiger charge is -2.58. The van der Waals surface area contributed by atoms with E-state index in [4.69, 9.17) is 9.47 Å². The van der Waals surface area contributed by atoms with Crippen LogP contribution in [-0.4, -0.2) is 25.8 Å². The van der Waals surface area contributed by atoms with E-state index in [0.29, 0.717) is 18.6 Å². The fourth-order valence-corrected chi connectivity index (χ4v) is 3.97. The van der Waals surface area contributed by atoms with E-state index in [1.807, 2.05) is 6.92 Å². The van der Waals surface area contributed by atoms with Crippen molar-refractivity contribution in [3.63, 3.8) is 0 Å². The molecule has 0 aromatic heterocycles. The standard InChI is InChI=1S/C12H20O3/c1-10(2)6-8(13)11(3)7-12(14-4,15-5)9(10)11/h9H,6-7H2,1-5H3/t9-,11+/m0/s1. The van der Waals surface area contributed by atoms with Gasteiger partial charge < -0.3 is 9.47 Å². The predicted octanol–water partition coefficient (Wildman–Crippen LogP) is 2.00. The van der Waals surface area contributed by atoms with Crippen molar-refractivity contribution in [2.45, 2.75) is 39.4 Å². The number of Topliss-reactive ketones (excluding diaryl/α,β-unsaturated/α-hetero) is 1. The van der Waals surface area contributed by atoms with Crippen LogP contribution >= 0.6 is 0 Å².